The lowest BCUT2D eigenvalue weighted by Crippen LogP contribution is -2.09. The summed E-state index contributed by atoms with van der Waals surface area (Å²) in [5, 5.41) is 5.12. The van der Waals surface area contributed by atoms with Crippen molar-refractivity contribution < 1.29 is 0 Å². The van der Waals surface area contributed by atoms with Gasteiger partial charge in [0.2, 0.25) is 0 Å². The summed E-state index contributed by atoms with van der Waals surface area (Å²) >= 11 is 0. The topological polar surface area (TPSA) is 16.3 Å². The van der Waals surface area contributed by atoms with Crippen molar-refractivity contribution in [3.05, 3.63) is 205 Å². The molecule has 4 heteroatoms. The second-order valence-electron chi connectivity index (χ2n) is 14.8. The molecule has 0 bridgehead atoms. The maximum Gasteiger partial charge on any atom is 0.0492 e. The highest BCUT2D eigenvalue weighted by atomic mass is 15.1. The Labute approximate surface area is 339 Å². The summed E-state index contributed by atoms with van der Waals surface area (Å²) in [7, 11) is 0. The summed E-state index contributed by atoms with van der Waals surface area (Å²) in [4.78, 5) is 4.70. The van der Waals surface area contributed by atoms with Crippen LogP contribution in [-0.4, -0.2) is 9.13 Å². The van der Waals surface area contributed by atoms with Gasteiger partial charge in [-0.1, -0.05) is 109 Å². The monoisotopic (exact) mass is 748 g/mol. The first-order chi connectivity index (χ1) is 28.7. The van der Waals surface area contributed by atoms with Crippen LogP contribution in [0.5, 0.6) is 0 Å². The van der Waals surface area contributed by atoms with E-state index in [2.05, 4.69) is 239 Å². The maximum absolute atomic E-state index is 2.41. The largest absolute Gasteiger partial charge is 0.341 e. The van der Waals surface area contributed by atoms with Crippen LogP contribution in [0.3, 0.4) is 0 Å². The molecule has 0 amide bonds. The molecule has 10 aromatic rings. The summed E-state index contributed by atoms with van der Waals surface area (Å²) in [6, 6.07) is 70.2. The van der Waals surface area contributed by atoms with Crippen LogP contribution in [0.1, 0.15) is 25.0 Å². The second-order valence-corrected chi connectivity index (χ2v) is 14.8. The Kier molecular flexibility index (Phi) is 9.08. The van der Waals surface area contributed by atoms with Crippen LogP contribution in [0.2, 0.25) is 0 Å². The molecule has 8 aromatic carbocycles. The van der Waals surface area contributed by atoms with E-state index >= 15 is 0 Å². The predicted molar refractivity (Wildman–Crippen MR) is 249 cm³/mol. The minimum absolute atomic E-state index is 0.931. The molecule has 0 atom stereocenters. The van der Waals surface area contributed by atoms with Crippen molar-refractivity contribution in [2.75, 3.05) is 9.80 Å². The lowest BCUT2D eigenvalue weighted by Gasteiger charge is -2.26. The molecule has 0 aliphatic heterocycles. The summed E-state index contributed by atoms with van der Waals surface area (Å²) in [5.41, 5.74) is 14.1. The van der Waals surface area contributed by atoms with E-state index in [4.69, 9.17) is 0 Å². The smallest absolute Gasteiger partial charge is 0.0492 e. The van der Waals surface area contributed by atoms with Crippen molar-refractivity contribution >= 4 is 89.9 Å². The van der Waals surface area contributed by atoms with Gasteiger partial charge in [0, 0.05) is 90.8 Å². The third kappa shape index (κ3) is 6.20. The van der Waals surface area contributed by atoms with Gasteiger partial charge in [0.15, 0.2) is 0 Å². The fourth-order valence-corrected chi connectivity index (χ4v) is 8.75. The van der Waals surface area contributed by atoms with Crippen molar-refractivity contribution in [3.63, 3.8) is 0 Å². The Balaban J connectivity index is 0.945. The molecule has 0 spiro atoms. The average molecular weight is 749 g/mol. The van der Waals surface area contributed by atoms with E-state index in [-0.39, 0.29) is 0 Å². The van der Waals surface area contributed by atoms with Crippen LogP contribution in [0.25, 0.3) is 55.8 Å². The highest BCUT2D eigenvalue weighted by Gasteiger charge is 2.18. The van der Waals surface area contributed by atoms with Crippen LogP contribution in [0.15, 0.2) is 194 Å². The highest BCUT2D eigenvalue weighted by Crippen LogP contribution is 2.40. The molecule has 0 radical (unpaired) electrons. The zero-order valence-corrected chi connectivity index (χ0v) is 32.8. The molecule has 280 valence electrons. The highest BCUT2D eigenvalue weighted by molar-refractivity contribution is 6.10. The van der Waals surface area contributed by atoms with Crippen molar-refractivity contribution in [1.29, 1.82) is 0 Å². The Bertz CT molecular complexity index is 2850. The molecule has 0 N–H and O–H groups in total. The SMILES string of the molecule is CCn1c2ccccc2c2cc(N(c3ccccc3)c3ccc(/C=C/c4ccc(N(c5ccccc5)c5ccc6c(c5)c5ccccc5n6CC)cc4)cc3)ccc21. The van der Waals surface area contributed by atoms with Gasteiger partial charge in [-0.2, -0.15) is 0 Å². The number of hydrogen-bond donors (Lipinski definition) is 0. The van der Waals surface area contributed by atoms with E-state index in [0.717, 1.165) is 58.3 Å². The molecule has 2 aromatic heterocycles. The van der Waals surface area contributed by atoms with Gasteiger partial charge in [0.25, 0.3) is 0 Å². The van der Waals surface area contributed by atoms with Crippen LogP contribution in [0, 0.1) is 0 Å². The number of anilines is 6. The number of hydrogen-bond acceptors (Lipinski definition) is 2. The molecule has 10 rings (SSSR count). The fourth-order valence-electron chi connectivity index (χ4n) is 8.75. The first-order valence-electron chi connectivity index (χ1n) is 20.3. The molecular formula is C54H44N4. The Hall–Kier alpha value is -7.30. The molecule has 0 aliphatic carbocycles. The van der Waals surface area contributed by atoms with E-state index < -0.39 is 0 Å². The third-order valence-corrected chi connectivity index (χ3v) is 11.5. The number of rotatable bonds is 10. The molecular weight excluding hydrogens is 705 g/mol. The molecule has 0 unspecified atom stereocenters. The minimum Gasteiger partial charge on any atom is -0.341 e. The normalized spacial score (nSPS) is 11.7. The number of aromatic nitrogens is 2. The number of fused-ring (bicyclic) bond motifs is 6. The van der Waals surface area contributed by atoms with E-state index in [1.54, 1.807) is 0 Å². The molecule has 2 heterocycles. The van der Waals surface area contributed by atoms with Gasteiger partial charge < -0.3 is 18.9 Å². The molecule has 58 heavy (non-hydrogen) atoms. The first kappa shape index (κ1) is 35.1. The van der Waals surface area contributed by atoms with Gasteiger partial charge in [-0.15, -0.1) is 0 Å². The van der Waals surface area contributed by atoms with Crippen molar-refractivity contribution in [2.45, 2.75) is 26.9 Å². The second kappa shape index (κ2) is 15.0. The van der Waals surface area contributed by atoms with Crippen LogP contribution in [0.4, 0.5) is 34.1 Å². The first-order valence-corrected chi connectivity index (χ1v) is 20.3. The molecule has 4 nitrogen and oxygen atoms in total. The Morgan fingerprint density at radius 2 is 0.655 bits per heavy atom. The number of benzene rings is 8. The Morgan fingerprint density at radius 3 is 1.05 bits per heavy atom. The van der Waals surface area contributed by atoms with E-state index in [1.165, 1.54) is 43.6 Å². The van der Waals surface area contributed by atoms with Gasteiger partial charge in [0.05, 0.1) is 0 Å². The average Bonchev–Trinajstić information content (AvgIpc) is 3.79. The third-order valence-electron chi connectivity index (χ3n) is 11.5. The number of aryl methyl sites for hydroxylation is 2. The van der Waals surface area contributed by atoms with Crippen molar-refractivity contribution in [2.24, 2.45) is 0 Å². The molecule has 0 saturated carbocycles. The van der Waals surface area contributed by atoms with Gasteiger partial charge in [0.1, 0.15) is 0 Å². The molecule has 0 saturated heterocycles. The van der Waals surface area contributed by atoms with Crippen LogP contribution < -0.4 is 9.80 Å². The minimum atomic E-state index is 0.931. The zero-order chi connectivity index (χ0) is 39.0. The van der Waals surface area contributed by atoms with E-state index in [0.29, 0.717) is 0 Å². The van der Waals surface area contributed by atoms with Gasteiger partial charge in [-0.25, -0.2) is 0 Å². The molecule has 0 fully saturated rings. The quantitative estimate of drug-likeness (QED) is 0.130. The number of nitrogens with zero attached hydrogens (tertiary/aromatic N) is 4. The lowest BCUT2D eigenvalue weighted by molar-refractivity contribution is 0.827. The van der Waals surface area contributed by atoms with Gasteiger partial charge in [-0.3, -0.25) is 0 Å². The zero-order valence-electron chi connectivity index (χ0n) is 32.8. The van der Waals surface area contributed by atoms with Crippen molar-refractivity contribution in [1.82, 2.24) is 9.13 Å². The van der Waals surface area contributed by atoms with Crippen molar-refractivity contribution in [3.8, 4) is 0 Å². The van der Waals surface area contributed by atoms with Crippen LogP contribution >= 0.6 is 0 Å². The number of para-hydroxylation sites is 4. The maximum atomic E-state index is 2.41. The van der Waals surface area contributed by atoms with Gasteiger partial charge in [-0.05, 0) is 122 Å². The fraction of sp³-hybridized carbons (Fsp3) is 0.0741. The van der Waals surface area contributed by atoms with E-state index in [9.17, 15) is 0 Å². The van der Waals surface area contributed by atoms with E-state index in [1.807, 2.05) is 0 Å². The summed E-state index contributed by atoms with van der Waals surface area (Å²) in [5.74, 6) is 0. The Morgan fingerprint density at radius 1 is 0.328 bits per heavy atom. The van der Waals surface area contributed by atoms with Crippen LogP contribution in [-0.2, 0) is 13.1 Å². The lowest BCUT2D eigenvalue weighted by atomic mass is 10.1. The summed E-state index contributed by atoms with van der Waals surface area (Å²) in [6.45, 7) is 6.30. The summed E-state index contributed by atoms with van der Waals surface area (Å²) in [6.07, 6.45) is 4.40. The van der Waals surface area contributed by atoms with Gasteiger partial charge >= 0.3 is 0 Å². The predicted octanol–water partition coefficient (Wildman–Crippen LogP) is 15.1. The molecule has 0 aliphatic rings. The summed E-state index contributed by atoms with van der Waals surface area (Å²) < 4.78 is 4.81. The standard InChI is InChI=1S/C54H44N4/c1-3-55-51-21-13-11-19-47(51)49-37-45(33-35-53(49)55)57(41-15-7-5-8-16-41)43-29-25-39(26-30-43)23-24-40-27-31-44(32-28-40)58(42-17-9-6-10-18-42)46-34-36-54-50(38-46)48-20-12-14-22-52(48)56(54)4-2/h5-38H,3-4H2,1-2H3/b24-23+.